The lowest BCUT2D eigenvalue weighted by atomic mass is 9.96. The Hall–Kier alpha value is -0.793. The fraction of sp³-hybridized carbons (Fsp3) is 0.727. The molecule has 0 saturated carbocycles. The van der Waals surface area contributed by atoms with Gasteiger partial charge in [-0.3, -0.25) is 4.79 Å². The summed E-state index contributed by atoms with van der Waals surface area (Å²) < 4.78 is 4.89. The molecule has 15 heavy (non-hydrogen) atoms. The van der Waals surface area contributed by atoms with E-state index in [2.05, 4.69) is 31.1 Å². The van der Waals surface area contributed by atoms with Crippen LogP contribution in [0.1, 0.15) is 12.8 Å². The van der Waals surface area contributed by atoms with Crippen LogP contribution in [-0.2, 0) is 9.53 Å². The van der Waals surface area contributed by atoms with Gasteiger partial charge in [0.2, 0.25) is 0 Å². The SMILES string of the molecule is C[Si](C)(C)C#C[C@H](O)[C@H]1CCCOC1=O. The first-order valence-electron chi connectivity index (χ1n) is 5.27. The number of esters is 1. The van der Waals surface area contributed by atoms with E-state index in [1.54, 1.807) is 0 Å². The molecule has 0 unspecified atom stereocenters. The molecule has 1 rings (SSSR count). The number of ether oxygens (including phenoxy) is 1. The van der Waals surface area contributed by atoms with Gasteiger partial charge >= 0.3 is 5.97 Å². The predicted octanol–water partition coefficient (Wildman–Crippen LogP) is 1.18. The normalized spacial score (nSPS) is 23.7. The molecule has 1 heterocycles. The summed E-state index contributed by atoms with van der Waals surface area (Å²) in [6, 6.07) is 0. The molecular weight excluding hydrogens is 208 g/mol. The van der Waals surface area contributed by atoms with Gasteiger partial charge < -0.3 is 9.84 Å². The lowest BCUT2D eigenvalue weighted by Crippen LogP contribution is -2.33. The molecule has 0 amide bonds. The van der Waals surface area contributed by atoms with E-state index in [1.807, 2.05) is 0 Å². The van der Waals surface area contributed by atoms with E-state index in [0.717, 1.165) is 6.42 Å². The van der Waals surface area contributed by atoms with E-state index >= 15 is 0 Å². The minimum atomic E-state index is -1.48. The first-order chi connectivity index (χ1) is 6.90. The number of carbonyl (C=O) groups is 1. The summed E-state index contributed by atoms with van der Waals surface area (Å²) in [5.74, 6) is 2.04. The Morgan fingerprint density at radius 3 is 2.73 bits per heavy atom. The highest BCUT2D eigenvalue weighted by molar-refractivity contribution is 6.83. The highest BCUT2D eigenvalue weighted by Crippen LogP contribution is 2.18. The van der Waals surface area contributed by atoms with Crippen LogP contribution >= 0.6 is 0 Å². The summed E-state index contributed by atoms with van der Waals surface area (Å²) in [5.41, 5.74) is 3.07. The second kappa shape index (κ2) is 4.82. The molecule has 0 aliphatic carbocycles. The molecule has 1 N–H and O–H groups in total. The van der Waals surface area contributed by atoms with Crippen molar-refractivity contribution in [3.05, 3.63) is 0 Å². The molecule has 84 valence electrons. The maximum absolute atomic E-state index is 11.3. The van der Waals surface area contributed by atoms with Gasteiger partial charge in [-0.25, -0.2) is 0 Å². The van der Waals surface area contributed by atoms with Crippen molar-refractivity contribution >= 4 is 14.0 Å². The van der Waals surface area contributed by atoms with Gasteiger partial charge in [0.15, 0.2) is 0 Å². The maximum Gasteiger partial charge on any atom is 0.312 e. The van der Waals surface area contributed by atoms with Gasteiger partial charge in [0.25, 0.3) is 0 Å². The number of cyclic esters (lactones) is 1. The molecule has 3 nitrogen and oxygen atoms in total. The Morgan fingerprint density at radius 1 is 1.53 bits per heavy atom. The molecule has 1 fully saturated rings. The van der Waals surface area contributed by atoms with E-state index in [1.165, 1.54) is 0 Å². The van der Waals surface area contributed by atoms with E-state index in [0.29, 0.717) is 13.0 Å². The van der Waals surface area contributed by atoms with Crippen molar-refractivity contribution in [2.24, 2.45) is 5.92 Å². The summed E-state index contributed by atoms with van der Waals surface area (Å²) in [4.78, 5) is 11.3. The van der Waals surface area contributed by atoms with Crippen molar-refractivity contribution in [2.75, 3.05) is 6.61 Å². The van der Waals surface area contributed by atoms with Gasteiger partial charge in [-0.15, -0.1) is 5.54 Å². The van der Waals surface area contributed by atoms with Crippen molar-refractivity contribution in [3.63, 3.8) is 0 Å². The monoisotopic (exact) mass is 226 g/mol. The largest absolute Gasteiger partial charge is 0.465 e. The Kier molecular flexibility index (Phi) is 3.94. The lowest BCUT2D eigenvalue weighted by molar-refractivity contribution is -0.156. The van der Waals surface area contributed by atoms with E-state index < -0.39 is 20.1 Å². The molecule has 2 atom stereocenters. The second-order valence-electron chi connectivity index (χ2n) is 4.88. The molecule has 1 aliphatic rings. The molecule has 4 heteroatoms. The fourth-order valence-corrected chi connectivity index (χ4v) is 1.96. The van der Waals surface area contributed by atoms with E-state index in [9.17, 15) is 9.90 Å². The highest BCUT2D eigenvalue weighted by atomic mass is 28.3. The number of carbonyl (C=O) groups excluding carboxylic acids is 1. The van der Waals surface area contributed by atoms with Crippen molar-refractivity contribution in [3.8, 4) is 11.5 Å². The number of rotatable bonds is 1. The molecule has 1 aliphatic heterocycles. The van der Waals surface area contributed by atoms with Crippen LogP contribution in [0.25, 0.3) is 0 Å². The Bertz CT molecular complexity index is 295. The number of hydrogen-bond acceptors (Lipinski definition) is 3. The van der Waals surface area contributed by atoms with E-state index in [4.69, 9.17) is 4.74 Å². The maximum atomic E-state index is 11.3. The van der Waals surface area contributed by atoms with Gasteiger partial charge in [-0.05, 0) is 12.8 Å². The number of aliphatic hydroxyl groups is 1. The van der Waals surface area contributed by atoms with Crippen molar-refractivity contribution in [1.82, 2.24) is 0 Å². The number of aliphatic hydroxyl groups excluding tert-OH is 1. The first kappa shape index (κ1) is 12.3. The van der Waals surface area contributed by atoms with Gasteiger partial charge in [-0.2, -0.15) is 0 Å². The van der Waals surface area contributed by atoms with Gasteiger partial charge in [0, 0.05) is 0 Å². The Balaban J connectivity index is 2.62. The van der Waals surface area contributed by atoms with Gasteiger partial charge in [-0.1, -0.05) is 25.6 Å². The zero-order chi connectivity index (χ0) is 11.5. The van der Waals surface area contributed by atoms with Crippen LogP contribution in [0.2, 0.25) is 19.6 Å². The number of hydrogen-bond donors (Lipinski definition) is 1. The van der Waals surface area contributed by atoms with Crippen LogP contribution < -0.4 is 0 Å². The van der Waals surface area contributed by atoms with Crippen molar-refractivity contribution < 1.29 is 14.6 Å². The van der Waals surface area contributed by atoms with Crippen LogP contribution in [0.15, 0.2) is 0 Å². The third-order valence-corrected chi connectivity index (χ3v) is 3.08. The lowest BCUT2D eigenvalue weighted by Gasteiger charge is -2.22. The standard InChI is InChI=1S/C11H18O3Si/c1-15(2,3)8-6-10(12)9-5-4-7-14-11(9)13/h9-10,12H,4-5,7H2,1-3H3/t9-,10+/m1/s1. The fourth-order valence-electron chi connectivity index (χ4n) is 1.38. The zero-order valence-electron chi connectivity index (χ0n) is 9.54. The quantitative estimate of drug-likeness (QED) is 0.415. The third-order valence-electron chi connectivity index (χ3n) is 2.18. The van der Waals surface area contributed by atoms with Crippen LogP contribution in [-0.4, -0.2) is 31.9 Å². The summed E-state index contributed by atoms with van der Waals surface area (Å²) in [7, 11) is -1.48. The Morgan fingerprint density at radius 2 is 2.20 bits per heavy atom. The van der Waals surface area contributed by atoms with Crippen LogP contribution in [0.4, 0.5) is 0 Å². The van der Waals surface area contributed by atoms with Crippen molar-refractivity contribution in [1.29, 1.82) is 0 Å². The summed E-state index contributed by atoms with van der Waals surface area (Å²) in [5, 5.41) is 9.76. The summed E-state index contributed by atoms with van der Waals surface area (Å²) in [6.45, 7) is 6.78. The molecule has 1 saturated heterocycles. The highest BCUT2D eigenvalue weighted by Gasteiger charge is 2.30. The first-order valence-corrected chi connectivity index (χ1v) is 8.77. The molecule has 0 bridgehead atoms. The minimum Gasteiger partial charge on any atom is -0.465 e. The topological polar surface area (TPSA) is 46.5 Å². The predicted molar refractivity (Wildman–Crippen MR) is 60.8 cm³/mol. The molecule has 0 aromatic rings. The second-order valence-corrected chi connectivity index (χ2v) is 9.63. The average Bonchev–Trinajstić information content (AvgIpc) is 2.14. The van der Waals surface area contributed by atoms with Crippen LogP contribution in [0.3, 0.4) is 0 Å². The van der Waals surface area contributed by atoms with Crippen LogP contribution in [0, 0.1) is 17.4 Å². The average molecular weight is 226 g/mol. The van der Waals surface area contributed by atoms with Gasteiger partial charge in [0.1, 0.15) is 14.2 Å². The van der Waals surface area contributed by atoms with Crippen molar-refractivity contribution in [2.45, 2.75) is 38.6 Å². The third kappa shape index (κ3) is 4.06. The van der Waals surface area contributed by atoms with E-state index in [-0.39, 0.29) is 5.97 Å². The van der Waals surface area contributed by atoms with Gasteiger partial charge in [0.05, 0.1) is 12.5 Å². The molecule has 0 aromatic carbocycles. The molecule has 0 radical (unpaired) electrons. The summed E-state index contributed by atoms with van der Waals surface area (Å²) >= 11 is 0. The zero-order valence-corrected chi connectivity index (χ0v) is 10.5. The van der Waals surface area contributed by atoms with Crippen LogP contribution in [0.5, 0.6) is 0 Å². The smallest absolute Gasteiger partial charge is 0.312 e. The Labute approximate surface area is 91.8 Å². The molecule has 0 aromatic heterocycles. The molecule has 0 spiro atoms. The molecular formula is C11H18O3Si. The summed E-state index contributed by atoms with van der Waals surface area (Å²) in [6.07, 6.45) is 0.646. The minimum absolute atomic E-state index is 0.307.